The van der Waals surface area contributed by atoms with Crippen LogP contribution in [-0.2, 0) is 0 Å². The van der Waals surface area contributed by atoms with Crippen molar-refractivity contribution in [2.75, 3.05) is 0 Å². The Morgan fingerprint density at radius 3 is 2.14 bits per heavy atom. The number of nitrogens with zero attached hydrogens (tertiary/aromatic N) is 3. The first-order valence-electron chi connectivity index (χ1n) is 19.2. The van der Waals surface area contributed by atoms with Crippen molar-refractivity contribution in [2.45, 2.75) is 13.0 Å². The molecule has 0 saturated carbocycles. The highest BCUT2D eigenvalue weighted by Gasteiger charge is 2.30. The molecular weight excluding hydrogens is 703 g/mol. The van der Waals surface area contributed by atoms with Crippen molar-refractivity contribution in [3.63, 3.8) is 0 Å². The minimum Gasteiger partial charge on any atom is -0.456 e. The van der Waals surface area contributed by atoms with Gasteiger partial charge in [-0.3, -0.25) is 4.99 Å². The van der Waals surface area contributed by atoms with Gasteiger partial charge in [-0.05, 0) is 58.7 Å². The van der Waals surface area contributed by atoms with E-state index in [0.29, 0.717) is 0 Å². The van der Waals surface area contributed by atoms with E-state index >= 15 is 0 Å². The van der Waals surface area contributed by atoms with Crippen molar-refractivity contribution >= 4 is 82.2 Å². The van der Waals surface area contributed by atoms with Crippen LogP contribution in [0, 0.1) is 5.92 Å². The lowest BCUT2D eigenvalue weighted by Gasteiger charge is -2.28. The summed E-state index contributed by atoms with van der Waals surface area (Å²) in [4.78, 5) is 11.7. The molecule has 1 aliphatic heterocycles. The lowest BCUT2D eigenvalue weighted by Crippen LogP contribution is -2.26. The predicted molar refractivity (Wildman–Crippen MR) is 235 cm³/mol. The molecule has 56 heavy (non-hydrogen) atoms. The van der Waals surface area contributed by atoms with E-state index in [1.54, 1.807) is 0 Å². The molecule has 0 radical (unpaired) electrons. The van der Waals surface area contributed by atoms with Crippen LogP contribution in [0.2, 0.25) is 0 Å². The summed E-state index contributed by atoms with van der Waals surface area (Å²) < 4.78 is 10.3. The third kappa shape index (κ3) is 4.64. The molecule has 4 aromatic heterocycles. The lowest BCUT2D eigenvalue weighted by molar-refractivity contribution is 0.592. The Bertz CT molecular complexity index is 3380. The number of hydrogen-bond acceptors (Lipinski definition) is 4. The average Bonchev–Trinajstić information content (AvgIpc) is 4.02. The number of furan rings is 1. The zero-order valence-corrected chi connectivity index (χ0v) is 31.3. The standard InChI is InChI=1S/C51H33N3OS/c1-30-47(31-13-4-2-5-14-31)52-51(32-15-6-3-7-16-32)53-48(30)35-18-10-17-33(27-35)34-25-26-43-40(28-34)46-38(21-12-24-44(46)55-43)45-29-42-50(56-45)39-22-11-20-37-36-19-8-9-23-41(36)54(42)49(37)39/h2-30,48H,1H3. The average molecular weight is 736 g/mol. The van der Waals surface area contributed by atoms with E-state index < -0.39 is 0 Å². The fourth-order valence-corrected chi connectivity index (χ4v) is 10.3. The Kier molecular flexibility index (Phi) is 6.81. The van der Waals surface area contributed by atoms with Gasteiger partial charge in [-0.15, -0.1) is 11.3 Å². The van der Waals surface area contributed by atoms with Crippen molar-refractivity contribution in [2.24, 2.45) is 15.9 Å². The summed E-state index contributed by atoms with van der Waals surface area (Å²) in [5.41, 5.74) is 13.5. The van der Waals surface area contributed by atoms with Gasteiger partial charge in [0.2, 0.25) is 0 Å². The Morgan fingerprint density at radius 1 is 0.554 bits per heavy atom. The number of amidine groups is 1. The Morgan fingerprint density at radius 2 is 1.27 bits per heavy atom. The summed E-state index contributed by atoms with van der Waals surface area (Å²) in [6, 6.07) is 60.6. The number of rotatable bonds is 5. The molecule has 12 rings (SSSR count). The normalized spacial score (nSPS) is 16.2. The van der Waals surface area contributed by atoms with Crippen LogP contribution in [0.5, 0.6) is 0 Å². The number of benzene rings is 7. The number of para-hydroxylation sites is 2. The summed E-state index contributed by atoms with van der Waals surface area (Å²) in [5.74, 6) is 0.858. The highest BCUT2D eigenvalue weighted by molar-refractivity contribution is 7.23. The molecule has 5 heterocycles. The number of aliphatic imine (C=N–C) groups is 2. The summed E-state index contributed by atoms with van der Waals surface area (Å²) >= 11 is 1.88. The van der Waals surface area contributed by atoms with E-state index in [2.05, 4.69) is 175 Å². The van der Waals surface area contributed by atoms with Crippen LogP contribution >= 0.6 is 11.3 Å². The molecule has 264 valence electrons. The largest absolute Gasteiger partial charge is 0.456 e. The van der Waals surface area contributed by atoms with Crippen LogP contribution < -0.4 is 0 Å². The molecule has 4 nitrogen and oxygen atoms in total. The van der Waals surface area contributed by atoms with E-state index in [1.165, 1.54) is 53.4 Å². The van der Waals surface area contributed by atoms with Crippen molar-refractivity contribution in [1.29, 1.82) is 0 Å². The lowest BCUT2D eigenvalue weighted by atomic mass is 9.85. The fraction of sp³-hybridized carbons (Fsp3) is 0.0588. The van der Waals surface area contributed by atoms with Gasteiger partial charge in [-0.25, -0.2) is 4.99 Å². The van der Waals surface area contributed by atoms with Gasteiger partial charge in [0.15, 0.2) is 5.84 Å². The number of hydrogen-bond donors (Lipinski definition) is 0. The maximum atomic E-state index is 6.54. The molecule has 0 aliphatic carbocycles. The van der Waals surface area contributed by atoms with E-state index in [0.717, 1.165) is 55.7 Å². The maximum Gasteiger partial charge on any atom is 0.155 e. The van der Waals surface area contributed by atoms with Gasteiger partial charge < -0.3 is 8.82 Å². The topological polar surface area (TPSA) is 42.3 Å². The number of fused-ring (bicyclic) bond motifs is 9. The van der Waals surface area contributed by atoms with E-state index in [9.17, 15) is 0 Å². The molecule has 0 bridgehead atoms. The quantitative estimate of drug-likeness (QED) is 0.174. The molecular formula is C51H33N3OS. The van der Waals surface area contributed by atoms with Gasteiger partial charge >= 0.3 is 0 Å². The van der Waals surface area contributed by atoms with Crippen LogP contribution in [-0.4, -0.2) is 15.9 Å². The van der Waals surface area contributed by atoms with Crippen LogP contribution in [0.1, 0.15) is 29.7 Å². The zero-order chi connectivity index (χ0) is 36.9. The predicted octanol–water partition coefficient (Wildman–Crippen LogP) is 13.8. The summed E-state index contributed by atoms with van der Waals surface area (Å²) in [7, 11) is 0. The molecule has 2 atom stereocenters. The van der Waals surface area contributed by atoms with Crippen LogP contribution in [0.25, 0.3) is 80.9 Å². The van der Waals surface area contributed by atoms with E-state index in [1.807, 2.05) is 17.4 Å². The first-order valence-corrected chi connectivity index (χ1v) is 20.0. The van der Waals surface area contributed by atoms with Crippen LogP contribution in [0.3, 0.4) is 0 Å². The van der Waals surface area contributed by atoms with E-state index in [4.69, 9.17) is 14.4 Å². The molecule has 5 heteroatoms. The second kappa shape index (κ2) is 12.1. The maximum absolute atomic E-state index is 6.54. The van der Waals surface area contributed by atoms with Crippen LogP contribution in [0.15, 0.2) is 184 Å². The molecule has 1 aliphatic rings. The van der Waals surface area contributed by atoms with Gasteiger partial charge in [-0.1, -0.05) is 140 Å². The fourth-order valence-electron chi connectivity index (χ4n) is 9.10. The first kappa shape index (κ1) is 31.5. The molecule has 0 fully saturated rings. The van der Waals surface area contributed by atoms with Crippen molar-refractivity contribution in [3.8, 4) is 21.6 Å². The number of aromatic nitrogens is 1. The Balaban J connectivity index is 0.982. The minimum absolute atomic E-state index is 0.0861. The summed E-state index contributed by atoms with van der Waals surface area (Å²) in [5, 5.41) is 6.20. The summed E-state index contributed by atoms with van der Waals surface area (Å²) in [6.07, 6.45) is 0. The van der Waals surface area contributed by atoms with Gasteiger partial charge in [0.05, 0.1) is 33.0 Å². The Labute approximate surface area is 326 Å². The monoisotopic (exact) mass is 735 g/mol. The smallest absolute Gasteiger partial charge is 0.155 e. The van der Waals surface area contributed by atoms with E-state index in [-0.39, 0.29) is 12.0 Å². The third-order valence-electron chi connectivity index (χ3n) is 11.7. The highest BCUT2D eigenvalue weighted by Crippen LogP contribution is 2.47. The first-order chi connectivity index (χ1) is 27.7. The molecule has 0 spiro atoms. The molecule has 7 aromatic carbocycles. The van der Waals surface area contributed by atoms with Crippen molar-refractivity contribution in [1.82, 2.24) is 4.40 Å². The molecule has 2 unspecified atom stereocenters. The summed E-state index contributed by atoms with van der Waals surface area (Å²) in [6.45, 7) is 2.25. The van der Waals surface area contributed by atoms with Gasteiger partial charge in [0, 0.05) is 48.9 Å². The molecule has 0 N–H and O–H groups in total. The van der Waals surface area contributed by atoms with Gasteiger partial charge in [0.25, 0.3) is 0 Å². The second-order valence-electron chi connectivity index (χ2n) is 14.9. The molecule has 0 saturated heterocycles. The molecule has 11 aromatic rings. The number of thiophene rings is 1. The van der Waals surface area contributed by atoms with Gasteiger partial charge in [-0.2, -0.15) is 0 Å². The second-order valence-corrected chi connectivity index (χ2v) is 16.0. The third-order valence-corrected chi connectivity index (χ3v) is 12.9. The SMILES string of the molecule is CC1C(c2ccccc2)=NC(c2ccccc2)=NC1c1cccc(-c2ccc3oc4cccc(-c5cc6c(s5)c5cccc7c8ccccc8n6c75)c4c3c2)c1. The van der Waals surface area contributed by atoms with Gasteiger partial charge in [0.1, 0.15) is 11.2 Å². The zero-order valence-electron chi connectivity index (χ0n) is 30.5. The minimum atomic E-state index is -0.0903. The highest BCUT2D eigenvalue weighted by atomic mass is 32.1. The molecule has 0 amide bonds. The van der Waals surface area contributed by atoms with Crippen molar-refractivity contribution < 1.29 is 4.42 Å². The van der Waals surface area contributed by atoms with Crippen molar-refractivity contribution in [3.05, 3.63) is 187 Å². The Hall–Kier alpha value is -6.82. The van der Waals surface area contributed by atoms with Crippen LogP contribution in [0.4, 0.5) is 0 Å².